The Kier molecular flexibility index (Phi) is 2.11. The zero-order chi connectivity index (χ0) is 5.98. The second-order valence-corrected chi connectivity index (χ2v) is 2.53. The van der Waals surface area contributed by atoms with Crippen LogP contribution in [0.15, 0.2) is 4.99 Å². The van der Waals surface area contributed by atoms with Crippen LogP contribution in [-0.4, -0.2) is 17.3 Å². The van der Waals surface area contributed by atoms with Crippen molar-refractivity contribution in [3.8, 4) is 0 Å². The summed E-state index contributed by atoms with van der Waals surface area (Å²) in [6, 6.07) is 0. The quantitative estimate of drug-likeness (QED) is 0.409. The SMILES string of the molecule is ClC1=NCNC(Cl)C1. The minimum atomic E-state index is -0.0278. The summed E-state index contributed by atoms with van der Waals surface area (Å²) in [5, 5.41) is 3.52. The molecule has 1 atom stereocenters. The van der Waals surface area contributed by atoms with Gasteiger partial charge < -0.3 is 0 Å². The molecule has 0 aliphatic carbocycles. The maximum absolute atomic E-state index is 5.64. The van der Waals surface area contributed by atoms with E-state index in [1.165, 1.54) is 0 Å². The van der Waals surface area contributed by atoms with Crippen LogP contribution in [0.4, 0.5) is 0 Å². The Balaban J connectivity index is 2.45. The third kappa shape index (κ3) is 1.62. The highest BCUT2D eigenvalue weighted by Crippen LogP contribution is 2.06. The smallest absolute Gasteiger partial charge is 0.105 e. The molecule has 0 saturated heterocycles. The van der Waals surface area contributed by atoms with E-state index < -0.39 is 0 Å². The first-order valence-corrected chi connectivity index (χ1v) is 3.17. The number of rotatable bonds is 0. The Morgan fingerprint density at radius 3 is 2.88 bits per heavy atom. The van der Waals surface area contributed by atoms with Crippen LogP contribution >= 0.6 is 23.2 Å². The lowest BCUT2D eigenvalue weighted by Crippen LogP contribution is -2.29. The van der Waals surface area contributed by atoms with Crippen molar-refractivity contribution in [3.05, 3.63) is 0 Å². The van der Waals surface area contributed by atoms with Crippen molar-refractivity contribution in [2.24, 2.45) is 4.99 Å². The monoisotopic (exact) mass is 152 g/mol. The van der Waals surface area contributed by atoms with E-state index in [1.807, 2.05) is 0 Å². The number of alkyl halides is 1. The number of halogens is 2. The fraction of sp³-hybridized carbons (Fsp3) is 0.750. The van der Waals surface area contributed by atoms with Gasteiger partial charge in [0.15, 0.2) is 0 Å². The summed E-state index contributed by atoms with van der Waals surface area (Å²) in [4.78, 5) is 3.87. The molecule has 1 aliphatic rings. The van der Waals surface area contributed by atoms with Crippen LogP contribution in [0.25, 0.3) is 0 Å². The lowest BCUT2D eigenvalue weighted by Gasteiger charge is -2.13. The molecule has 1 unspecified atom stereocenters. The van der Waals surface area contributed by atoms with Crippen LogP contribution in [-0.2, 0) is 0 Å². The van der Waals surface area contributed by atoms with Crippen LogP contribution < -0.4 is 5.32 Å². The number of aliphatic imine (C=N–C) groups is 1. The topological polar surface area (TPSA) is 24.4 Å². The summed E-state index contributed by atoms with van der Waals surface area (Å²) in [5.74, 6) is 0. The fourth-order valence-corrected chi connectivity index (χ4v) is 1.02. The minimum Gasteiger partial charge on any atom is -0.282 e. The summed E-state index contributed by atoms with van der Waals surface area (Å²) in [6.45, 7) is 0.549. The molecule has 0 aromatic heterocycles. The molecule has 0 bridgehead atoms. The lowest BCUT2D eigenvalue weighted by molar-refractivity contribution is 0.647. The van der Waals surface area contributed by atoms with Gasteiger partial charge in [0, 0.05) is 6.42 Å². The molecule has 0 fully saturated rings. The van der Waals surface area contributed by atoms with Crippen molar-refractivity contribution >= 4 is 28.4 Å². The van der Waals surface area contributed by atoms with Gasteiger partial charge in [0.1, 0.15) is 5.17 Å². The molecule has 8 heavy (non-hydrogen) atoms. The maximum Gasteiger partial charge on any atom is 0.105 e. The van der Waals surface area contributed by atoms with Gasteiger partial charge in [0.05, 0.1) is 12.2 Å². The van der Waals surface area contributed by atoms with E-state index in [0.717, 1.165) is 0 Å². The van der Waals surface area contributed by atoms with E-state index >= 15 is 0 Å². The van der Waals surface area contributed by atoms with E-state index in [4.69, 9.17) is 23.2 Å². The molecular formula is C4H6Cl2N2. The molecule has 46 valence electrons. The van der Waals surface area contributed by atoms with Crippen molar-refractivity contribution in [1.82, 2.24) is 5.32 Å². The van der Waals surface area contributed by atoms with Gasteiger partial charge in [-0.05, 0) is 0 Å². The molecule has 0 aromatic carbocycles. The van der Waals surface area contributed by atoms with E-state index in [-0.39, 0.29) is 5.50 Å². The van der Waals surface area contributed by atoms with Gasteiger partial charge >= 0.3 is 0 Å². The van der Waals surface area contributed by atoms with Crippen molar-refractivity contribution in [1.29, 1.82) is 0 Å². The number of nitrogens with one attached hydrogen (secondary N) is 1. The van der Waals surface area contributed by atoms with Gasteiger partial charge in [-0.15, -0.1) is 11.6 Å². The van der Waals surface area contributed by atoms with E-state index in [0.29, 0.717) is 18.3 Å². The standard InChI is InChI=1S/C4H6Cl2N2/c5-3-1-4(6)8-2-7-3/h3,7H,1-2H2. The molecule has 1 N–H and O–H groups in total. The van der Waals surface area contributed by atoms with Crippen LogP contribution in [0.3, 0.4) is 0 Å². The fourth-order valence-electron chi connectivity index (χ4n) is 0.515. The molecule has 1 aliphatic heterocycles. The first-order chi connectivity index (χ1) is 3.79. The van der Waals surface area contributed by atoms with Crippen molar-refractivity contribution in [2.45, 2.75) is 11.9 Å². The zero-order valence-electron chi connectivity index (χ0n) is 4.19. The summed E-state index contributed by atoms with van der Waals surface area (Å²) < 4.78 is 0. The van der Waals surface area contributed by atoms with E-state index in [9.17, 15) is 0 Å². The van der Waals surface area contributed by atoms with Gasteiger partial charge in [-0.1, -0.05) is 11.6 Å². The molecule has 4 heteroatoms. The predicted octanol–water partition coefficient (Wildman–Crippen LogP) is 1.14. The highest BCUT2D eigenvalue weighted by atomic mass is 35.5. The van der Waals surface area contributed by atoms with Gasteiger partial charge in [-0.2, -0.15) is 0 Å². The molecule has 0 spiro atoms. The minimum absolute atomic E-state index is 0.0278. The Hall–Kier alpha value is 0.210. The second kappa shape index (κ2) is 2.67. The third-order valence-corrected chi connectivity index (χ3v) is 1.49. The third-order valence-electron chi connectivity index (χ3n) is 0.911. The molecule has 0 aromatic rings. The largest absolute Gasteiger partial charge is 0.282 e. The van der Waals surface area contributed by atoms with E-state index in [2.05, 4.69) is 10.3 Å². The highest BCUT2D eigenvalue weighted by molar-refractivity contribution is 6.65. The second-order valence-electron chi connectivity index (χ2n) is 1.57. The normalized spacial score (nSPS) is 29.8. The van der Waals surface area contributed by atoms with E-state index in [1.54, 1.807) is 0 Å². The van der Waals surface area contributed by atoms with Gasteiger partial charge in [0.25, 0.3) is 0 Å². The zero-order valence-corrected chi connectivity index (χ0v) is 5.71. The first kappa shape index (κ1) is 6.33. The van der Waals surface area contributed by atoms with Crippen LogP contribution in [0.5, 0.6) is 0 Å². The summed E-state index contributed by atoms with van der Waals surface area (Å²) >= 11 is 11.2. The van der Waals surface area contributed by atoms with Crippen LogP contribution in [0.2, 0.25) is 0 Å². The van der Waals surface area contributed by atoms with Gasteiger partial charge in [-0.25, -0.2) is 0 Å². The number of nitrogens with zero attached hydrogens (tertiary/aromatic N) is 1. The average Bonchev–Trinajstić information content (AvgIpc) is 1.64. The van der Waals surface area contributed by atoms with Gasteiger partial charge in [0.2, 0.25) is 0 Å². The Labute approximate surface area is 57.9 Å². The summed E-state index contributed by atoms with van der Waals surface area (Å²) in [7, 11) is 0. The lowest BCUT2D eigenvalue weighted by atomic mass is 10.4. The molecule has 1 rings (SSSR count). The predicted molar refractivity (Wildman–Crippen MR) is 35.5 cm³/mol. The van der Waals surface area contributed by atoms with Gasteiger partial charge in [-0.3, -0.25) is 10.3 Å². The Morgan fingerprint density at radius 1 is 1.75 bits per heavy atom. The number of hydrogen-bond donors (Lipinski definition) is 1. The summed E-state index contributed by atoms with van der Waals surface area (Å²) in [6.07, 6.45) is 0.642. The molecular weight excluding hydrogens is 147 g/mol. The molecule has 0 radical (unpaired) electrons. The molecule has 0 amide bonds. The maximum atomic E-state index is 5.64. The highest BCUT2D eigenvalue weighted by Gasteiger charge is 2.09. The van der Waals surface area contributed by atoms with Crippen molar-refractivity contribution in [3.63, 3.8) is 0 Å². The van der Waals surface area contributed by atoms with Crippen LogP contribution in [0, 0.1) is 0 Å². The van der Waals surface area contributed by atoms with Crippen LogP contribution in [0.1, 0.15) is 6.42 Å². The average molecular weight is 153 g/mol. The molecule has 1 heterocycles. The van der Waals surface area contributed by atoms with Crippen molar-refractivity contribution in [2.75, 3.05) is 6.67 Å². The summed E-state index contributed by atoms with van der Waals surface area (Å²) in [5.41, 5.74) is -0.0278. The Bertz CT molecular complexity index is 113. The first-order valence-electron chi connectivity index (χ1n) is 2.35. The molecule has 0 saturated carbocycles. The Morgan fingerprint density at radius 2 is 2.50 bits per heavy atom. The number of hydrogen-bond acceptors (Lipinski definition) is 2. The van der Waals surface area contributed by atoms with Crippen molar-refractivity contribution < 1.29 is 0 Å². The molecule has 2 nitrogen and oxygen atoms in total.